The summed E-state index contributed by atoms with van der Waals surface area (Å²) in [6.45, 7) is 0.403. The standard InChI is InChI=1S/C21H17ClN2O4S2/c1-24-14(11-27-21(24)26)8-12-2-5-15(6-3-12)28-16-7-4-13(17(22)10-16)9-18-19(25)23-20(29)30-18/h2-7,9-10,14H,8,11H2,1H3,(H,23,25,29)/b18-9+. The predicted molar refractivity (Wildman–Crippen MR) is 121 cm³/mol. The second-order valence-electron chi connectivity index (χ2n) is 6.83. The first-order valence-electron chi connectivity index (χ1n) is 9.10. The molecule has 0 spiro atoms. The number of cyclic esters (lactones) is 1. The third-order valence-corrected chi connectivity index (χ3v) is 6.26. The number of nitrogens with one attached hydrogen (secondary N) is 1. The van der Waals surface area contributed by atoms with Crippen molar-refractivity contribution in [2.24, 2.45) is 0 Å². The SMILES string of the molecule is CN1C(=O)OCC1Cc1ccc(Oc2ccc(/C=C3/SC(=S)NC3=O)c(Cl)c2)cc1. The number of benzene rings is 2. The molecule has 2 aromatic rings. The van der Waals surface area contributed by atoms with Crippen molar-refractivity contribution >= 4 is 58.0 Å². The molecule has 0 saturated carbocycles. The minimum Gasteiger partial charge on any atom is -0.457 e. The van der Waals surface area contributed by atoms with Crippen molar-refractivity contribution in [3.8, 4) is 11.5 Å². The number of thiocarbonyl (C=S) groups is 1. The summed E-state index contributed by atoms with van der Waals surface area (Å²) >= 11 is 12.6. The highest BCUT2D eigenvalue weighted by molar-refractivity contribution is 8.26. The van der Waals surface area contributed by atoms with Crippen LogP contribution in [0.1, 0.15) is 11.1 Å². The number of thioether (sulfide) groups is 1. The van der Waals surface area contributed by atoms with Gasteiger partial charge in [0, 0.05) is 7.05 Å². The summed E-state index contributed by atoms with van der Waals surface area (Å²) in [7, 11) is 1.74. The lowest BCUT2D eigenvalue weighted by atomic mass is 10.1. The first-order chi connectivity index (χ1) is 14.4. The third-order valence-electron chi connectivity index (χ3n) is 4.77. The highest BCUT2D eigenvalue weighted by atomic mass is 35.5. The molecule has 2 aromatic carbocycles. The van der Waals surface area contributed by atoms with E-state index in [1.54, 1.807) is 36.2 Å². The zero-order valence-electron chi connectivity index (χ0n) is 15.9. The number of carbonyl (C=O) groups excluding carboxylic acids is 2. The van der Waals surface area contributed by atoms with Crippen molar-refractivity contribution in [2.45, 2.75) is 12.5 Å². The van der Waals surface area contributed by atoms with Gasteiger partial charge in [0.15, 0.2) is 0 Å². The van der Waals surface area contributed by atoms with E-state index in [1.165, 1.54) is 11.8 Å². The Bertz CT molecular complexity index is 1060. The molecule has 1 unspecified atom stereocenters. The van der Waals surface area contributed by atoms with Gasteiger partial charge in [-0.1, -0.05) is 47.7 Å². The maximum atomic E-state index is 11.8. The Balaban J connectivity index is 1.41. The number of carbonyl (C=O) groups is 2. The molecular weight excluding hydrogens is 444 g/mol. The number of hydrogen-bond acceptors (Lipinski definition) is 6. The van der Waals surface area contributed by atoms with Crippen molar-refractivity contribution < 1.29 is 19.1 Å². The van der Waals surface area contributed by atoms with E-state index in [9.17, 15) is 9.59 Å². The van der Waals surface area contributed by atoms with Crippen molar-refractivity contribution in [1.82, 2.24) is 10.2 Å². The molecule has 2 aliphatic rings. The molecule has 0 aromatic heterocycles. The van der Waals surface area contributed by atoms with Gasteiger partial charge in [0.25, 0.3) is 5.91 Å². The van der Waals surface area contributed by atoms with Crippen LogP contribution >= 0.6 is 35.6 Å². The Morgan fingerprint density at radius 2 is 2.00 bits per heavy atom. The first kappa shape index (κ1) is 20.7. The van der Waals surface area contributed by atoms with E-state index in [4.69, 9.17) is 33.3 Å². The van der Waals surface area contributed by atoms with E-state index >= 15 is 0 Å². The Labute approximate surface area is 188 Å². The summed E-state index contributed by atoms with van der Waals surface area (Å²) in [6, 6.07) is 13.0. The second-order valence-corrected chi connectivity index (χ2v) is 8.95. The Kier molecular flexibility index (Phi) is 5.99. The maximum Gasteiger partial charge on any atom is 0.409 e. The fourth-order valence-corrected chi connectivity index (χ4v) is 4.34. The number of rotatable bonds is 5. The van der Waals surface area contributed by atoms with Crippen molar-refractivity contribution in [1.29, 1.82) is 0 Å². The molecule has 2 saturated heterocycles. The lowest BCUT2D eigenvalue weighted by molar-refractivity contribution is -0.115. The van der Waals surface area contributed by atoms with Gasteiger partial charge in [0.1, 0.15) is 22.4 Å². The molecule has 0 aliphatic carbocycles. The molecule has 4 rings (SSSR count). The smallest absolute Gasteiger partial charge is 0.409 e. The Hall–Kier alpha value is -2.55. The molecule has 30 heavy (non-hydrogen) atoms. The molecule has 2 aliphatic heterocycles. The van der Waals surface area contributed by atoms with Gasteiger partial charge >= 0.3 is 6.09 Å². The number of nitrogens with zero attached hydrogens (tertiary/aromatic N) is 1. The summed E-state index contributed by atoms with van der Waals surface area (Å²) in [6.07, 6.45) is 2.13. The number of ether oxygens (including phenoxy) is 2. The van der Waals surface area contributed by atoms with Crippen LogP contribution in [0.4, 0.5) is 4.79 Å². The fraction of sp³-hybridized carbons (Fsp3) is 0.190. The molecule has 0 bridgehead atoms. The highest BCUT2D eigenvalue weighted by Crippen LogP contribution is 2.31. The number of amides is 2. The lowest BCUT2D eigenvalue weighted by Gasteiger charge is -2.16. The normalized spacial score (nSPS) is 19.9. The summed E-state index contributed by atoms with van der Waals surface area (Å²) in [5, 5.41) is 3.04. The van der Waals surface area contributed by atoms with Crippen LogP contribution in [-0.2, 0) is 16.0 Å². The van der Waals surface area contributed by atoms with Gasteiger partial charge in [0.2, 0.25) is 0 Å². The van der Waals surface area contributed by atoms with E-state index in [0.717, 1.165) is 5.56 Å². The van der Waals surface area contributed by atoms with Crippen LogP contribution in [-0.4, -0.2) is 40.9 Å². The van der Waals surface area contributed by atoms with Gasteiger partial charge in [0.05, 0.1) is 16.0 Å². The minimum absolute atomic E-state index is 0.0409. The van der Waals surface area contributed by atoms with Crippen LogP contribution in [0, 0.1) is 0 Å². The Morgan fingerprint density at radius 1 is 1.27 bits per heavy atom. The largest absolute Gasteiger partial charge is 0.457 e. The molecule has 154 valence electrons. The molecule has 2 heterocycles. The van der Waals surface area contributed by atoms with Gasteiger partial charge in [-0.15, -0.1) is 0 Å². The monoisotopic (exact) mass is 460 g/mol. The van der Waals surface area contributed by atoms with Crippen molar-refractivity contribution in [2.75, 3.05) is 13.7 Å². The molecule has 2 amide bonds. The van der Waals surface area contributed by atoms with Crippen molar-refractivity contribution in [3.63, 3.8) is 0 Å². The summed E-state index contributed by atoms with van der Waals surface area (Å²) in [5.41, 5.74) is 1.79. The van der Waals surface area contributed by atoms with E-state index in [0.29, 0.717) is 44.3 Å². The van der Waals surface area contributed by atoms with Crippen LogP contribution in [0.15, 0.2) is 47.4 Å². The average Bonchev–Trinajstić information content (AvgIpc) is 3.20. The van der Waals surface area contributed by atoms with Gasteiger partial charge in [-0.25, -0.2) is 4.79 Å². The highest BCUT2D eigenvalue weighted by Gasteiger charge is 2.29. The van der Waals surface area contributed by atoms with Crippen LogP contribution in [0.3, 0.4) is 0 Å². The molecule has 0 radical (unpaired) electrons. The molecule has 6 nitrogen and oxygen atoms in total. The second kappa shape index (κ2) is 8.67. The summed E-state index contributed by atoms with van der Waals surface area (Å²) in [4.78, 5) is 25.4. The van der Waals surface area contributed by atoms with E-state index in [2.05, 4.69) is 5.32 Å². The van der Waals surface area contributed by atoms with E-state index in [-0.39, 0.29) is 18.0 Å². The molecular formula is C21H17ClN2O4S2. The van der Waals surface area contributed by atoms with Gasteiger partial charge < -0.3 is 19.7 Å². The molecule has 9 heteroatoms. The zero-order chi connectivity index (χ0) is 21.3. The fourth-order valence-electron chi connectivity index (χ4n) is 3.08. The third kappa shape index (κ3) is 4.61. The van der Waals surface area contributed by atoms with Crippen LogP contribution in [0.25, 0.3) is 6.08 Å². The van der Waals surface area contributed by atoms with Crippen molar-refractivity contribution in [3.05, 3.63) is 63.5 Å². The number of hydrogen-bond donors (Lipinski definition) is 1. The average molecular weight is 461 g/mol. The number of likely N-dealkylation sites (N-methyl/N-ethyl adjacent to an activating group) is 1. The minimum atomic E-state index is -0.286. The van der Waals surface area contributed by atoms with E-state index < -0.39 is 0 Å². The lowest BCUT2D eigenvalue weighted by Crippen LogP contribution is -2.30. The predicted octanol–water partition coefficient (Wildman–Crippen LogP) is 4.61. The maximum absolute atomic E-state index is 11.8. The first-order valence-corrected chi connectivity index (χ1v) is 10.7. The summed E-state index contributed by atoms with van der Waals surface area (Å²) in [5.74, 6) is 1.04. The number of halogens is 1. The zero-order valence-corrected chi connectivity index (χ0v) is 18.3. The topological polar surface area (TPSA) is 67.9 Å². The van der Waals surface area contributed by atoms with Gasteiger partial charge in [-0.3, -0.25) is 4.79 Å². The van der Waals surface area contributed by atoms with Crippen LogP contribution < -0.4 is 10.1 Å². The molecule has 1 N–H and O–H groups in total. The summed E-state index contributed by atoms with van der Waals surface area (Å²) < 4.78 is 11.4. The van der Waals surface area contributed by atoms with Crippen LogP contribution in [0.5, 0.6) is 11.5 Å². The van der Waals surface area contributed by atoms with E-state index in [1.807, 2.05) is 24.3 Å². The molecule has 1 atom stereocenters. The van der Waals surface area contributed by atoms with Gasteiger partial charge in [-0.05, 0) is 54.0 Å². The van der Waals surface area contributed by atoms with Crippen LogP contribution in [0.2, 0.25) is 5.02 Å². The quantitative estimate of drug-likeness (QED) is 0.519. The Morgan fingerprint density at radius 3 is 2.60 bits per heavy atom. The molecule has 2 fully saturated rings. The van der Waals surface area contributed by atoms with Gasteiger partial charge in [-0.2, -0.15) is 0 Å².